The number of nitrogens with one attached hydrogen (secondary N) is 2. The van der Waals surface area contributed by atoms with Gasteiger partial charge in [0.2, 0.25) is 5.88 Å². The maximum atomic E-state index is 13.5. The normalized spacial score (nSPS) is 11.0. The highest BCUT2D eigenvalue weighted by atomic mass is 32.2. The summed E-state index contributed by atoms with van der Waals surface area (Å²) in [5, 5.41) is 11.0. The molecule has 0 unspecified atom stereocenters. The number of nitriles is 1. The Bertz CT molecular complexity index is 1290. The standard InChI is InChI=1S/C22H20FN5O4S/c1-28(2)26-20(29)14-32-22-16(13-24)12-19(21(25-22)15-8-10-17(23)11-9-15)27-33(30,31)18-6-4-3-5-7-18/h3-12,27H,14H2,1-2H3,(H,26,29). The summed E-state index contributed by atoms with van der Waals surface area (Å²) in [7, 11) is -0.769. The number of anilines is 1. The summed E-state index contributed by atoms with van der Waals surface area (Å²) < 4.78 is 47.1. The van der Waals surface area contributed by atoms with E-state index in [4.69, 9.17) is 4.74 Å². The lowest BCUT2D eigenvalue weighted by Crippen LogP contribution is -2.39. The molecule has 0 atom stereocenters. The van der Waals surface area contributed by atoms with Crippen LogP contribution in [0.1, 0.15) is 5.56 Å². The monoisotopic (exact) mass is 469 g/mol. The van der Waals surface area contributed by atoms with E-state index in [2.05, 4.69) is 15.1 Å². The van der Waals surface area contributed by atoms with E-state index in [1.165, 1.54) is 47.5 Å². The third-order valence-electron chi connectivity index (χ3n) is 4.21. The van der Waals surface area contributed by atoms with Gasteiger partial charge in [-0.3, -0.25) is 14.9 Å². The van der Waals surface area contributed by atoms with Gasteiger partial charge in [0.25, 0.3) is 15.9 Å². The molecule has 170 valence electrons. The topological polar surface area (TPSA) is 124 Å². The molecule has 2 N–H and O–H groups in total. The molecule has 0 aliphatic rings. The van der Waals surface area contributed by atoms with Gasteiger partial charge in [0, 0.05) is 19.7 Å². The van der Waals surface area contributed by atoms with Crippen molar-refractivity contribution >= 4 is 21.6 Å². The van der Waals surface area contributed by atoms with Gasteiger partial charge in [-0.25, -0.2) is 22.8 Å². The van der Waals surface area contributed by atoms with Crippen molar-refractivity contribution in [2.24, 2.45) is 0 Å². The first-order valence-corrected chi connectivity index (χ1v) is 11.1. The van der Waals surface area contributed by atoms with Crippen molar-refractivity contribution in [3.8, 4) is 23.2 Å². The Kier molecular flexibility index (Phi) is 7.22. The summed E-state index contributed by atoms with van der Waals surface area (Å²) in [5.41, 5.74) is 2.85. The van der Waals surface area contributed by atoms with Gasteiger partial charge in [0.05, 0.1) is 16.3 Å². The van der Waals surface area contributed by atoms with E-state index in [1.54, 1.807) is 32.3 Å². The molecule has 3 rings (SSSR count). The van der Waals surface area contributed by atoms with Crippen molar-refractivity contribution in [3.63, 3.8) is 0 Å². The first-order chi connectivity index (χ1) is 15.7. The number of pyridine rings is 1. The number of carbonyl (C=O) groups excluding carboxylic acids is 1. The van der Waals surface area contributed by atoms with Crippen LogP contribution in [0.2, 0.25) is 0 Å². The highest BCUT2D eigenvalue weighted by molar-refractivity contribution is 7.92. The highest BCUT2D eigenvalue weighted by Gasteiger charge is 2.21. The molecule has 1 heterocycles. The number of hydrogen-bond donors (Lipinski definition) is 2. The van der Waals surface area contributed by atoms with Crippen molar-refractivity contribution in [1.29, 1.82) is 5.26 Å². The first kappa shape index (κ1) is 23.6. The van der Waals surface area contributed by atoms with Gasteiger partial charge in [-0.05, 0) is 42.5 Å². The number of rotatable bonds is 8. The first-order valence-electron chi connectivity index (χ1n) is 9.58. The molecule has 1 aromatic heterocycles. The molecule has 0 saturated carbocycles. The van der Waals surface area contributed by atoms with Crippen LogP contribution in [0, 0.1) is 17.1 Å². The van der Waals surface area contributed by atoms with E-state index in [9.17, 15) is 22.9 Å². The van der Waals surface area contributed by atoms with Gasteiger partial charge in [0.1, 0.15) is 17.4 Å². The largest absolute Gasteiger partial charge is 0.467 e. The number of amides is 1. The van der Waals surface area contributed by atoms with Crippen LogP contribution in [0.15, 0.2) is 65.6 Å². The van der Waals surface area contributed by atoms with Gasteiger partial charge in [-0.15, -0.1) is 0 Å². The number of ether oxygens (including phenoxy) is 1. The molecule has 3 aromatic rings. The van der Waals surface area contributed by atoms with Gasteiger partial charge >= 0.3 is 0 Å². The summed E-state index contributed by atoms with van der Waals surface area (Å²) in [5.74, 6) is -1.15. The molecule has 11 heteroatoms. The van der Waals surface area contributed by atoms with E-state index >= 15 is 0 Å². The maximum absolute atomic E-state index is 13.5. The van der Waals surface area contributed by atoms with E-state index in [1.807, 2.05) is 6.07 Å². The molecule has 2 aromatic carbocycles. The van der Waals surface area contributed by atoms with Crippen molar-refractivity contribution < 1.29 is 22.3 Å². The molecule has 0 radical (unpaired) electrons. The lowest BCUT2D eigenvalue weighted by molar-refractivity contribution is -0.126. The Morgan fingerprint density at radius 1 is 1.15 bits per heavy atom. The van der Waals surface area contributed by atoms with Crippen LogP contribution >= 0.6 is 0 Å². The average molecular weight is 469 g/mol. The second-order valence-electron chi connectivity index (χ2n) is 6.99. The molecule has 0 aliphatic heterocycles. The van der Waals surface area contributed by atoms with Crippen LogP contribution in [-0.2, 0) is 14.8 Å². The van der Waals surface area contributed by atoms with Crippen molar-refractivity contribution in [2.45, 2.75) is 4.90 Å². The van der Waals surface area contributed by atoms with E-state index < -0.39 is 28.4 Å². The number of sulfonamides is 1. The molecule has 9 nitrogen and oxygen atoms in total. The number of aromatic nitrogens is 1. The minimum Gasteiger partial charge on any atom is -0.467 e. The Balaban J connectivity index is 2.05. The predicted molar refractivity (Wildman–Crippen MR) is 119 cm³/mol. The fourth-order valence-electron chi connectivity index (χ4n) is 2.81. The lowest BCUT2D eigenvalue weighted by atomic mass is 10.1. The number of nitrogens with zero attached hydrogens (tertiary/aromatic N) is 3. The van der Waals surface area contributed by atoms with Gasteiger partial charge < -0.3 is 4.74 Å². The van der Waals surface area contributed by atoms with Crippen molar-refractivity contribution in [3.05, 3.63) is 72.0 Å². The molecule has 0 bridgehead atoms. The number of halogens is 1. The minimum absolute atomic E-state index is 0.00731. The molecule has 33 heavy (non-hydrogen) atoms. The number of hydrazine groups is 1. The van der Waals surface area contributed by atoms with Crippen LogP contribution in [0.5, 0.6) is 5.88 Å². The lowest BCUT2D eigenvalue weighted by Gasteiger charge is -2.16. The van der Waals surface area contributed by atoms with Crippen LogP contribution in [-0.4, -0.2) is 45.0 Å². The van der Waals surface area contributed by atoms with Crippen LogP contribution < -0.4 is 14.9 Å². The summed E-state index contributed by atoms with van der Waals surface area (Å²) in [6.07, 6.45) is 0. The number of hydrogen-bond acceptors (Lipinski definition) is 7. The predicted octanol–water partition coefficient (Wildman–Crippen LogP) is 2.53. The van der Waals surface area contributed by atoms with Gasteiger partial charge in [-0.1, -0.05) is 18.2 Å². The molecule has 0 fully saturated rings. The Hall–Kier alpha value is -4.01. The summed E-state index contributed by atoms with van der Waals surface area (Å²) >= 11 is 0. The van der Waals surface area contributed by atoms with Gasteiger partial charge in [0.15, 0.2) is 6.61 Å². The second kappa shape index (κ2) is 10.1. The Labute approximate surface area is 190 Å². The third-order valence-corrected chi connectivity index (χ3v) is 5.59. The number of carbonyl (C=O) groups is 1. The van der Waals surface area contributed by atoms with E-state index in [0.717, 1.165) is 0 Å². The maximum Gasteiger partial charge on any atom is 0.272 e. The smallest absolute Gasteiger partial charge is 0.272 e. The average Bonchev–Trinajstić information content (AvgIpc) is 2.78. The van der Waals surface area contributed by atoms with Crippen molar-refractivity contribution in [1.82, 2.24) is 15.4 Å². The van der Waals surface area contributed by atoms with E-state index in [-0.39, 0.29) is 27.7 Å². The quantitative estimate of drug-likeness (QED) is 0.486. The fraction of sp³-hybridized carbons (Fsp3) is 0.136. The SMILES string of the molecule is CN(C)NC(=O)COc1nc(-c2ccc(F)cc2)c(NS(=O)(=O)c2ccccc2)cc1C#N. The molecular weight excluding hydrogens is 449 g/mol. The molecule has 0 aliphatic carbocycles. The Morgan fingerprint density at radius 3 is 2.42 bits per heavy atom. The van der Waals surface area contributed by atoms with Gasteiger partial charge in [-0.2, -0.15) is 5.26 Å². The molecule has 0 saturated heterocycles. The minimum atomic E-state index is -4.01. The molecular formula is C22H20FN5O4S. The zero-order valence-corrected chi connectivity index (χ0v) is 18.6. The van der Waals surface area contributed by atoms with Crippen LogP contribution in [0.4, 0.5) is 10.1 Å². The zero-order chi connectivity index (χ0) is 24.0. The molecule has 0 spiro atoms. The summed E-state index contributed by atoms with van der Waals surface area (Å²) in [6, 6.07) is 16.0. The zero-order valence-electron chi connectivity index (χ0n) is 17.7. The third kappa shape index (κ3) is 6.03. The Morgan fingerprint density at radius 2 is 1.82 bits per heavy atom. The number of benzene rings is 2. The molecule has 1 amide bonds. The fourth-order valence-corrected chi connectivity index (χ4v) is 3.89. The highest BCUT2D eigenvalue weighted by Crippen LogP contribution is 2.33. The van der Waals surface area contributed by atoms with Crippen LogP contribution in [0.3, 0.4) is 0 Å². The second-order valence-corrected chi connectivity index (χ2v) is 8.67. The van der Waals surface area contributed by atoms with E-state index in [0.29, 0.717) is 5.56 Å². The summed E-state index contributed by atoms with van der Waals surface area (Å²) in [4.78, 5) is 16.2. The van der Waals surface area contributed by atoms with Crippen LogP contribution in [0.25, 0.3) is 11.3 Å². The van der Waals surface area contributed by atoms with Crippen molar-refractivity contribution in [2.75, 3.05) is 25.4 Å². The summed E-state index contributed by atoms with van der Waals surface area (Å²) in [6.45, 7) is -0.433.